The van der Waals surface area contributed by atoms with Crippen LogP contribution in [0.15, 0.2) is 29.0 Å². The van der Waals surface area contributed by atoms with E-state index in [0.29, 0.717) is 24.6 Å². The first-order valence-corrected chi connectivity index (χ1v) is 5.70. The van der Waals surface area contributed by atoms with Gasteiger partial charge in [-0.05, 0) is 25.0 Å². The van der Waals surface area contributed by atoms with Gasteiger partial charge in [0, 0.05) is 30.8 Å². The van der Waals surface area contributed by atoms with Gasteiger partial charge in [-0.3, -0.25) is 9.78 Å². The van der Waals surface area contributed by atoms with Gasteiger partial charge in [0.25, 0.3) is 0 Å². The van der Waals surface area contributed by atoms with E-state index in [0.717, 1.165) is 12.0 Å². The summed E-state index contributed by atoms with van der Waals surface area (Å²) < 4.78 is 5.09. The van der Waals surface area contributed by atoms with Crippen molar-refractivity contribution in [2.45, 2.75) is 25.7 Å². The number of aliphatic carboxylic acids is 1. The minimum Gasteiger partial charge on any atom is -0.481 e. The second kappa shape index (κ2) is 5.90. The molecule has 0 saturated carbocycles. The van der Waals surface area contributed by atoms with Crippen LogP contribution < -0.4 is 0 Å². The van der Waals surface area contributed by atoms with E-state index in [4.69, 9.17) is 9.63 Å². The zero-order valence-electron chi connectivity index (χ0n) is 9.74. The van der Waals surface area contributed by atoms with Crippen LogP contribution in [0.5, 0.6) is 0 Å². The minimum atomic E-state index is -0.781. The lowest BCUT2D eigenvalue weighted by atomic mass is 10.2. The molecule has 0 atom stereocenters. The van der Waals surface area contributed by atoms with Gasteiger partial charge in [0.15, 0.2) is 0 Å². The average molecular weight is 247 g/mol. The molecule has 2 aromatic heterocycles. The minimum absolute atomic E-state index is 0.170. The third kappa shape index (κ3) is 3.38. The predicted octanol–water partition coefficient (Wildman–Crippen LogP) is 1.93. The molecule has 0 spiro atoms. The van der Waals surface area contributed by atoms with Crippen molar-refractivity contribution in [3.05, 3.63) is 30.4 Å². The van der Waals surface area contributed by atoms with E-state index in [1.54, 1.807) is 18.5 Å². The lowest BCUT2D eigenvalue weighted by Crippen LogP contribution is -1.95. The summed E-state index contributed by atoms with van der Waals surface area (Å²) in [5, 5.41) is 12.4. The first-order valence-electron chi connectivity index (χ1n) is 5.70. The molecule has 0 radical (unpaired) electrons. The van der Waals surface area contributed by atoms with Crippen LogP contribution in [-0.2, 0) is 11.2 Å². The van der Waals surface area contributed by atoms with Crippen molar-refractivity contribution >= 4 is 5.97 Å². The summed E-state index contributed by atoms with van der Waals surface area (Å²) >= 11 is 0. The maximum atomic E-state index is 10.3. The zero-order chi connectivity index (χ0) is 12.8. The second-order valence-electron chi connectivity index (χ2n) is 3.85. The van der Waals surface area contributed by atoms with E-state index in [2.05, 4.69) is 15.1 Å². The lowest BCUT2D eigenvalue weighted by molar-refractivity contribution is -0.137. The van der Waals surface area contributed by atoms with Crippen molar-refractivity contribution in [3.63, 3.8) is 0 Å². The first-order chi connectivity index (χ1) is 8.75. The highest BCUT2D eigenvalue weighted by Crippen LogP contribution is 2.14. The third-order valence-electron chi connectivity index (χ3n) is 2.42. The van der Waals surface area contributed by atoms with E-state index >= 15 is 0 Å². The second-order valence-corrected chi connectivity index (χ2v) is 3.85. The van der Waals surface area contributed by atoms with Crippen molar-refractivity contribution in [3.8, 4) is 11.4 Å². The Morgan fingerprint density at radius 1 is 1.39 bits per heavy atom. The molecule has 2 heterocycles. The van der Waals surface area contributed by atoms with Gasteiger partial charge >= 0.3 is 5.97 Å². The standard InChI is InChI=1S/C12H13N3O3/c16-11(17)6-2-1-5-10-14-12(15-18-10)9-4-3-7-13-8-9/h3-4,7-8H,1-2,5-6H2,(H,16,17). The van der Waals surface area contributed by atoms with Gasteiger partial charge < -0.3 is 9.63 Å². The molecule has 1 N–H and O–H groups in total. The Labute approximate surface area is 104 Å². The van der Waals surface area contributed by atoms with Crippen LogP contribution in [0.1, 0.15) is 25.2 Å². The molecule has 6 heteroatoms. The molecule has 6 nitrogen and oxygen atoms in total. The maximum Gasteiger partial charge on any atom is 0.303 e. The van der Waals surface area contributed by atoms with Gasteiger partial charge in [0.1, 0.15) is 0 Å². The topological polar surface area (TPSA) is 89.1 Å². The lowest BCUT2D eigenvalue weighted by Gasteiger charge is -1.93. The molecule has 0 aromatic carbocycles. The number of carboxylic acids is 1. The normalized spacial score (nSPS) is 10.4. The van der Waals surface area contributed by atoms with Crippen molar-refractivity contribution in [2.24, 2.45) is 0 Å². The van der Waals surface area contributed by atoms with Crippen LogP contribution in [0.3, 0.4) is 0 Å². The molecule has 0 bridgehead atoms. The summed E-state index contributed by atoms with van der Waals surface area (Å²) in [5.74, 6) is 0.257. The predicted molar refractivity (Wildman–Crippen MR) is 62.7 cm³/mol. The van der Waals surface area contributed by atoms with Gasteiger partial charge in [-0.2, -0.15) is 4.98 Å². The fourth-order valence-corrected chi connectivity index (χ4v) is 1.52. The maximum absolute atomic E-state index is 10.3. The van der Waals surface area contributed by atoms with Gasteiger partial charge in [-0.1, -0.05) is 5.16 Å². The average Bonchev–Trinajstić information content (AvgIpc) is 2.84. The summed E-state index contributed by atoms with van der Waals surface area (Å²) in [7, 11) is 0. The van der Waals surface area contributed by atoms with E-state index in [1.807, 2.05) is 6.07 Å². The molecular formula is C12H13N3O3. The zero-order valence-corrected chi connectivity index (χ0v) is 9.74. The van der Waals surface area contributed by atoms with Crippen LogP contribution >= 0.6 is 0 Å². The number of carboxylic acid groups (broad SMARTS) is 1. The fraction of sp³-hybridized carbons (Fsp3) is 0.333. The number of aryl methyl sites for hydroxylation is 1. The number of pyridine rings is 1. The molecule has 94 valence electrons. The number of hydrogen-bond acceptors (Lipinski definition) is 5. The fourth-order valence-electron chi connectivity index (χ4n) is 1.52. The Kier molecular flexibility index (Phi) is 4.01. The molecule has 0 amide bonds. The molecule has 18 heavy (non-hydrogen) atoms. The van der Waals surface area contributed by atoms with Crippen LogP contribution in [-0.4, -0.2) is 26.2 Å². The number of hydrogen-bond donors (Lipinski definition) is 1. The number of rotatable bonds is 6. The highest BCUT2D eigenvalue weighted by atomic mass is 16.5. The molecule has 2 aromatic rings. The van der Waals surface area contributed by atoms with Gasteiger partial charge in [-0.25, -0.2) is 0 Å². The van der Waals surface area contributed by atoms with Crippen LogP contribution in [0.2, 0.25) is 0 Å². The summed E-state index contributed by atoms with van der Waals surface area (Å²) in [4.78, 5) is 18.6. The molecule has 0 aliphatic carbocycles. The smallest absolute Gasteiger partial charge is 0.303 e. The molecule has 0 aliphatic heterocycles. The summed E-state index contributed by atoms with van der Waals surface area (Å²) in [6.45, 7) is 0. The van der Waals surface area contributed by atoms with E-state index in [9.17, 15) is 4.79 Å². The Hall–Kier alpha value is -2.24. The molecule has 0 aliphatic rings. The van der Waals surface area contributed by atoms with E-state index in [-0.39, 0.29) is 6.42 Å². The summed E-state index contributed by atoms with van der Waals surface area (Å²) in [5.41, 5.74) is 0.804. The highest BCUT2D eigenvalue weighted by Gasteiger charge is 2.08. The Bertz CT molecular complexity index is 510. The van der Waals surface area contributed by atoms with Gasteiger partial charge in [-0.15, -0.1) is 0 Å². The van der Waals surface area contributed by atoms with Crippen molar-refractivity contribution < 1.29 is 14.4 Å². The van der Waals surface area contributed by atoms with Gasteiger partial charge in [0.2, 0.25) is 11.7 Å². The number of carbonyl (C=O) groups is 1. The van der Waals surface area contributed by atoms with Gasteiger partial charge in [0.05, 0.1) is 0 Å². The Morgan fingerprint density at radius 3 is 3.00 bits per heavy atom. The molecule has 0 unspecified atom stereocenters. The largest absolute Gasteiger partial charge is 0.481 e. The van der Waals surface area contributed by atoms with Crippen LogP contribution in [0.4, 0.5) is 0 Å². The first kappa shape index (κ1) is 12.2. The SMILES string of the molecule is O=C(O)CCCCc1nc(-c2cccnc2)no1. The molecule has 2 rings (SSSR count). The molecular weight excluding hydrogens is 234 g/mol. The van der Waals surface area contributed by atoms with Crippen molar-refractivity contribution in [1.29, 1.82) is 0 Å². The van der Waals surface area contributed by atoms with Crippen molar-refractivity contribution in [1.82, 2.24) is 15.1 Å². The monoisotopic (exact) mass is 247 g/mol. The van der Waals surface area contributed by atoms with E-state index in [1.165, 1.54) is 0 Å². The third-order valence-corrected chi connectivity index (χ3v) is 2.42. The Balaban J connectivity index is 1.89. The van der Waals surface area contributed by atoms with Crippen LogP contribution in [0.25, 0.3) is 11.4 Å². The molecule has 0 saturated heterocycles. The van der Waals surface area contributed by atoms with Crippen molar-refractivity contribution in [2.75, 3.05) is 0 Å². The highest BCUT2D eigenvalue weighted by molar-refractivity contribution is 5.66. The number of nitrogens with zero attached hydrogens (tertiary/aromatic N) is 3. The number of unbranched alkanes of at least 4 members (excludes halogenated alkanes) is 1. The summed E-state index contributed by atoms with van der Waals surface area (Å²) in [6, 6.07) is 3.66. The quantitative estimate of drug-likeness (QED) is 0.784. The summed E-state index contributed by atoms with van der Waals surface area (Å²) in [6.07, 6.45) is 5.44. The molecule has 0 fully saturated rings. The van der Waals surface area contributed by atoms with Crippen LogP contribution in [0, 0.1) is 0 Å². The van der Waals surface area contributed by atoms with E-state index < -0.39 is 5.97 Å². The Morgan fingerprint density at radius 2 is 2.28 bits per heavy atom. The number of aromatic nitrogens is 3.